The van der Waals surface area contributed by atoms with Crippen molar-refractivity contribution < 1.29 is 9.90 Å². The number of pyridine rings is 1. The topological polar surface area (TPSA) is 90.9 Å². The zero-order chi connectivity index (χ0) is 14.0. The van der Waals surface area contributed by atoms with Crippen molar-refractivity contribution in [2.45, 2.75) is 20.4 Å². The number of carboxylic acid groups (broad SMARTS) is 1. The van der Waals surface area contributed by atoms with E-state index >= 15 is 0 Å². The molecule has 19 heavy (non-hydrogen) atoms. The van der Waals surface area contributed by atoms with Gasteiger partial charge in [-0.1, -0.05) is 11.6 Å². The van der Waals surface area contributed by atoms with E-state index in [0.29, 0.717) is 12.4 Å². The predicted molar refractivity (Wildman–Crippen MR) is 71.6 cm³/mol. The average molecular weight is 281 g/mol. The molecule has 2 aromatic heterocycles. The van der Waals surface area contributed by atoms with Crippen LogP contribution in [-0.4, -0.2) is 26.3 Å². The van der Waals surface area contributed by atoms with Crippen LogP contribution in [0.5, 0.6) is 0 Å². The SMILES string of the molecule is Cc1n[nH]c(C)c1CNc1ncc(C(=O)O)cc1Cl. The van der Waals surface area contributed by atoms with Gasteiger partial charge in [0, 0.05) is 24.0 Å². The number of hydrogen-bond donors (Lipinski definition) is 3. The third-order valence-electron chi connectivity index (χ3n) is 2.80. The average Bonchev–Trinajstić information content (AvgIpc) is 2.68. The fourth-order valence-electron chi connectivity index (χ4n) is 1.69. The Kier molecular flexibility index (Phi) is 3.71. The van der Waals surface area contributed by atoms with Gasteiger partial charge in [0.2, 0.25) is 0 Å². The summed E-state index contributed by atoms with van der Waals surface area (Å²) >= 11 is 5.98. The lowest BCUT2D eigenvalue weighted by Gasteiger charge is -2.08. The number of H-pyrrole nitrogens is 1. The van der Waals surface area contributed by atoms with E-state index in [1.165, 1.54) is 12.3 Å². The lowest BCUT2D eigenvalue weighted by molar-refractivity contribution is 0.0696. The number of nitrogens with zero attached hydrogens (tertiary/aromatic N) is 2. The van der Waals surface area contributed by atoms with Gasteiger partial charge in [0.05, 0.1) is 16.3 Å². The van der Waals surface area contributed by atoms with Crippen LogP contribution in [0.1, 0.15) is 27.3 Å². The molecule has 0 saturated heterocycles. The molecule has 6 nitrogen and oxygen atoms in total. The smallest absolute Gasteiger partial charge is 0.337 e. The van der Waals surface area contributed by atoms with Gasteiger partial charge < -0.3 is 10.4 Å². The molecule has 0 aliphatic carbocycles. The standard InChI is InChI=1S/C12H13ClN4O2/c1-6-9(7(2)17-16-6)5-15-11-10(13)3-8(4-14-11)12(18)19/h3-4H,5H2,1-2H3,(H,14,15)(H,16,17)(H,18,19). The van der Waals surface area contributed by atoms with Crippen LogP contribution in [0.2, 0.25) is 5.02 Å². The van der Waals surface area contributed by atoms with Gasteiger partial charge in [-0.3, -0.25) is 5.10 Å². The number of carboxylic acids is 1. The van der Waals surface area contributed by atoms with Crippen molar-refractivity contribution in [2.24, 2.45) is 0 Å². The van der Waals surface area contributed by atoms with Crippen LogP contribution in [-0.2, 0) is 6.54 Å². The van der Waals surface area contributed by atoms with Crippen LogP contribution in [0.25, 0.3) is 0 Å². The Hall–Kier alpha value is -2.08. The molecular weight excluding hydrogens is 268 g/mol. The molecule has 0 saturated carbocycles. The Balaban J connectivity index is 2.14. The van der Waals surface area contributed by atoms with Gasteiger partial charge in [0.15, 0.2) is 0 Å². The van der Waals surface area contributed by atoms with Crippen molar-refractivity contribution in [1.29, 1.82) is 0 Å². The van der Waals surface area contributed by atoms with Crippen molar-refractivity contribution in [3.8, 4) is 0 Å². The van der Waals surface area contributed by atoms with Gasteiger partial charge in [0.25, 0.3) is 0 Å². The van der Waals surface area contributed by atoms with E-state index in [2.05, 4.69) is 20.5 Å². The third-order valence-corrected chi connectivity index (χ3v) is 3.09. The lowest BCUT2D eigenvalue weighted by Crippen LogP contribution is -2.05. The minimum atomic E-state index is -1.05. The second-order valence-corrected chi connectivity index (χ2v) is 4.53. The zero-order valence-corrected chi connectivity index (χ0v) is 11.2. The molecule has 0 aliphatic rings. The summed E-state index contributed by atoms with van der Waals surface area (Å²) < 4.78 is 0. The lowest BCUT2D eigenvalue weighted by atomic mass is 10.2. The predicted octanol–water partition coefficient (Wildman–Crippen LogP) is 2.39. The van der Waals surface area contributed by atoms with E-state index < -0.39 is 5.97 Å². The number of carbonyl (C=O) groups is 1. The summed E-state index contributed by atoms with van der Waals surface area (Å²) in [5.41, 5.74) is 2.98. The number of aromatic nitrogens is 3. The molecule has 0 amide bonds. The minimum absolute atomic E-state index is 0.0613. The van der Waals surface area contributed by atoms with Gasteiger partial charge >= 0.3 is 5.97 Å². The highest BCUT2D eigenvalue weighted by atomic mass is 35.5. The molecule has 2 aromatic rings. The molecule has 0 bridgehead atoms. The van der Waals surface area contributed by atoms with Crippen molar-refractivity contribution in [1.82, 2.24) is 15.2 Å². The van der Waals surface area contributed by atoms with E-state index in [1.54, 1.807) is 0 Å². The number of anilines is 1. The molecule has 0 unspecified atom stereocenters. The molecule has 2 rings (SSSR count). The number of nitrogens with one attached hydrogen (secondary N) is 2. The maximum absolute atomic E-state index is 10.8. The maximum atomic E-state index is 10.8. The van der Waals surface area contributed by atoms with Crippen LogP contribution >= 0.6 is 11.6 Å². The third kappa shape index (κ3) is 2.85. The first-order chi connectivity index (χ1) is 8.99. The fourth-order valence-corrected chi connectivity index (χ4v) is 1.92. The van der Waals surface area contributed by atoms with Crippen molar-refractivity contribution in [3.05, 3.63) is 39.8 Å². The molecule has 2 heterocycles. The summed E-state index contributed by atoms with van der Waals surface area (Å²) in [6.45, 7) is 4.36. The number of aromatic amines is 1. The number of aryl methyl sites for hydroxylation is 2. The summed E-state index contributed by atoms with van der Waals surface area (Å²) in [5.74, 6) is -0.603. The van der Waals surface area contributed by atoms with Gasteiger partial charge in [-0.2, -0.15) is 5.10 Å². The molecule has 0 aromatic carbocycles. The second kappa shape index (κ2) is 5.27. The molecule has 7 heteroatoms. The van der Waals surface area contributed by atoms with Gasteiger partial charge in [-0.15, -0.1) is 0 Å². The Morgan fingerprint density at radius 1 is 1.53 bits per heavy atom. The van der Waals surface area contributed by atoms with Crippen molar-refractivity contribution in [3.63, 3.8) is 0 Å². The molecule has 0 atom stereocenters. The van der Waals surface area contributed by atoms with E-state index in [0.717, 1.165) is 17.0 Å². The quantitative estimate of drug-likeness (QED) is 0.800. The Labute approximate surface area is 114 Å². The summed E-state index contributed by atoms with van der Waals surface area (Å²) in [6, 6.07) is 1.37. The highest BCUT2D eigenvalue weighted by Gasteiger charge is 2.10. The molecule has 0 radical (unpaired) electrons. The van der Waals surface area contributed by atoms with E-state index in [4.69, 9.17) is 16.7 Å². The Morgan fingerprint density at radius 2 is 2.26 bits per heavy atom. The van der Waals surface area contributed by atoms with Crippen molar-refractivity contribution >= 4 is 23.4 Å². The highest BCUT2D eigenvalue weighted by Crippen LogP contribution is 2.21. The number of hydrogen-bond acceptors (Lipinski definition) is 4. The monoisotopic (exact) mass is 280 g/mol. The molecular formula is C12H13ClN4O2. The Bertz CT molecular complexity index is 605. The van der Waals surface area contributed by atoms with Crippen molar-refractivity contribution in [2.75, 3.05) is 5.32 Å². The highest BCUT2D eigenvalue weighted by molar-refractivity contribution is 6.33. The van der Waals surface area contributed by atoms with Gasteiger partial charge in [0.1, 0.15) is 5.82 Å². The Morgan fingerprint density at radius 3 is 2.79 bits per heavy atom. The summed E-state index contributed by atoms with van der Waals surface area (Å²) in [4.78, 5) is 14.8. The summed E-state index contributed by atoms with van der Waals surface area (Å²) in [6.07, 6.45) is 1.27. The minimum Gasteiger partial charge on any atom is -0.478 e. The van der Waals surface area contributed by atoms with Crippen LogP contribution in [0.3, 0.4) is 0 Å². The van der Waals surface area contributed by atoms with Crippen LogP contribution < -0.4 is 5.32 Å². The number of rotatable bonds is 4. The van der Waals surface area contributed by atoms with Crippen LogP contribution in [0.15, 0.2) is 12.3 Å². The first-order valence-electron chi connectivity index (χ1n) is 5.62. The van der Waals surface area contributed by atoms with Crippen LogP contribution in [0, 0.1) is 13.8 Å². The molecule has 0 aliphatic heterocycles. The number of halogens is 1. The molecule has 0 fully saturated rings. The van der Waals surface area contributed by atoms with E-state index in [-0.39, 0.29) is 10.6 Å². The van der Waals surface area contributed by atoms with E-state index in [1.807, 2.05) is 13.8 Å². The molecule has 0 spiro atoms. The van der Waals surface area contributed by atoms with E-state index in [9.17, 15) is 4.79 Å². The van der Waals surface area contributed by atoms with Gasteiger partial charge in [-0.05, 0) is 19.9 Å². The normalized spacial score (nSPS) is 10.5. The fraction of sp³-hybridized carbons (Fsp3) is 0.250. The first kappa shape index (κ1) is 13.4. The zero-order valence-electron chi connectivity index (χ0n) is 10.5. The van der Waals surface area contributed by atoms with Crippen LogP contribution in [0.4, 0.5) is 5.82 Å². The summed E-state index contributed by atoms with van der Waals surface area (Å²) in [5, 5.41) is 19.1. The van der Waals surface area contributed by atoms with Gasteiger partial charge in [-0.25, -0.2) is 9.78 Å². The molecule has 3 N–H and O–H groups in total. The second-order valence-electron chi connectivity index (χ2n) is 4.13. The maximum Gasteiger partial charge on any atom is 0.337 e. The first-order valence-corrected chi connectivity index (χ1v) is 6.00. The molecule has 100 valence electrons. The summed E-state index contributed by atoms with van der Waals surface area (Å²) in [7, 11) is 0. The number of aromatic carboxylic acids is 1. The largest absolute Gasteiger partial charge is 0.478 e.